The Bertz CT molecular complexity index is 974. The average Bonchev–Trinajstić information content (AvgIpc) is 3.06. The van der Waals surface area contributed by atoms with Crippen LogP contribution in [0.1, 0.15) is 30.0 Å². The topological polar surface area (TPSA) is 38.7 Å². The van der Waals surface area contributed by atoms with Gasteiger partial charge in [0.25, 0.3) is 0 Å². The second-order valence-electron chi connectivity index (χ2n) is 6.76. The van der Waals surface area contributed by atoms with Crippen LogP contribution in [0.2, 0.25) is 5.02 Å². The third kappa shape index (κ3) is 4.70. The number of hydrogen-bond donors (Lipinski definition) is 0. The summed E-state index contributed by atoms with van der Waals surface area (Å²) in [6, 6.07) is 9.48. The maximum Gasteiger partial charge on any atom is 0.400 e. The van der Waals surface area contributed by atoms with E-state index in [1.807, 2.05) is 0 Å². The van der Waals surface area contributed by atoms with Crippen LogP contribution in [0.4, 0.5) is 13.2 Å². The second-order valence-corrected chi connectivity index (χ2v) is 9.00. The van der Waals surface area contributed by atoms with Gasteiger partial charge in [0.05, 0.1) is 6.54 Å². The number of nitrogens with zero attached hydrogens (tertiary/aromatic N) is 1. The highest BCUT2D eigenvalue weighted by molar-refractivity contribution is 9.11. The Hall–Kier alpha value is -1.38. The van der Waals surface area contributed by atoms with Crippen molar-refractivity contribution < 1.29 is 22.7 Å². The number of esters is 1. The molecule has 29 heavy (non-hydrogen) atoms. The van der Waals surface area contributed by atoms with Crippen molar-refractivity contribution in [3.63, 3.8) is 0 Å². The molecule has 0 N–H and O–H groups in total. The van der Waals surface area contributed by atoms with Crippen molar-refractivity contribution in [3.8, 4) is 0 Å². The molecule has 1 atom stereocenters. The molecule has 0 saturated carbocycles. The van der Waals surface area contributed by atoms with Crippen molar-refractivity contribution >= 4 is 55.1 Å². The van der Waals surface area contributed by atoms with Crippen LogP contribution in [0.25, 0.3) is 0 Å². The summed E-state index contributed by atoms with van der Waals surface area (Å²) in [5.74, 6) is -0.444. The van der Waals surface area contributed by atoms with Crippen molar-refractivity contribution in [2.45, 2.75) is 31.5 Å². The molecule has 0 aliphatic carbocycles. The molecule has 9 heteroatoms. The lowest BCUT2D eigenvalue weighted by Gasteiger charge is -2.32. The summed E-state index contributed by atoms with van der Waals surface area (Å²) in [5.41, 5.74) is -0.553. The number of carbonyl (C=O) groups excluding carboxylic acids is 1. The molecule has 0 bridgehead atoms. The van der Waals surface area contributed by atoms with E-state index in [-0.39, 0.29) is 18.6 Å². The monoisotopic (exact) mass is 551 g/mol. The summed E-state index contributed by atoms with van der Waals surface area (Å²) < 4.78 is 48.6. The molecule has 0 aromatic heterocycles. The third-order valence-electron chi connectivity index (χ3n) is 4.78. The standard InChI is InChI=1S/C20H15Br2ClF3NO2/c1-11(28)29-9-13-3-2-12(4-17(13)23)18-8-19(10-27-18,20(24,25)26)14-5-15(21)7-16(22)6-14/h2-7H,8-10H2,1H3. The largest absolute Gasteiger partial charge is 0.461 e. The maximum atomic E-state index is 14.2. The number of carbonyl (C=O) groups is 1. The van der Waals surface area contributed by atoms with Gasteiger partial charge < -0.3 is 4.74 Å². The van der Waals surface area contributed by atoms with E-state index < -0.39 is 24.1 Å². The van der Waals surface area contributed by atoms with Crippen molar-refractivity contribution in [1.82, 2.24) is 0 Å². The van der Waals surface area contributed by atoms with E-state index in [4.69, 9.17) is 16.3 Å². The molecule has 3 nitrogen and oxygen atoms in total. The lowest BCUT2D eigenvalue weighted by atomic mass is 9.76. The minimum absolute atomic E-state index is 0.000515. The highest BCUT2D eigenvalue weighted by Crippen LogP contribution is 2.49. The SMILES string of the molecule is CC(=O)OCc1ccc(C2=NCC(c3cc(Br)cc(Br)c3)(C(F)(F)F)C2)cc1Cl. The van der Waals surface area contributed by atoms with Gasteiger partial charge in [-0.15, -0.1) is 0 Å². The first-order chi connectivity index (χ1) is 13.5. The number of halogens is 6. The predicted molar refractivity (Wildman–Crippen MR) is 113 cm³/mol. The van der Waals surface area contributed by atoms with Crippen LogP contribution in [0.15, 0.2) is 50.3 Å². The second kappa shape index (κ2) is 8.40. The van der Waals surface area contributed by atoms with Gasteiger partial charge in [-0.25, -0.2) is 0 Å². The van der Waals surface area contributed by atoms with E-state index in [2.05, 4.69) is 36.9 Å². The molecule has 0 spiro atoms. The van der Waals surface area contributed by atoms with Crippen molar-refractivity contribution in [3.05, 3.63) is 67.1 Å². The van der Waals surface area contributed by atoms with Gasteiger partial charge in [-0.05, 0) is 35.4 Å². The van der Waals surface area contributed by atoms with Crippen LogP contribution in [-0.4, -0.2) is 24.4 Å². The van der Waals surface area contributed by atoms with Gasteiger partial charge >= 0.3 is 12.1 Å². The van der Waals surface area contributed by atoms with Gasteiger partial charge in [-0.3, -0.25) is 9.79 Å². The Kier molecular flexibility index (Phi) is 6.46. The molecular formula is C20H15Br2ClF3NO2. The quantitative estimate of drug-likeness (QED) is 0.399. The maximum absolute atomic E-state index is 14.2. The highest BCUT2D eigenvalue weighted by Gasteiger charge is 2.58. The van der Waals surface area contributed by atoms with E-state index in [1.54, 1.807) is 24.3 Å². The third-order valence-corrected chi connectivity index (χ3v) is 6.05. The number of ether oxygens (including phenoxy) is 1. The van der Waals surface area contributed by atoms with Gasteiger partial charge in [-0.1, -0.05) is 55.6 Å². The fraction of sp³-hybridized carbons (Fsp3) is 0.300. The van der Waals surface area contributed by atoms with E-state index in [0.29, 0.717) is 30.8 Å². The molecular weight excluding hydrogens is 538 g/mol. The fourth-order valence-corrected chi connectivity index (χ4v) is 4.75. The van der Waals surface area contributed by atoms with Gasteiger partial charge in [0.15, 0.2) is 0 Å². The first-order valence-electron chi connectivity index (χ1n) is 8.50. The summed E-state index contributed by atoms with van der Waals surface area (Å²) >= 11 is 12.8. The Morgan fingerprint density at radius 2 is 1.86 bits per heavy atom. The van der Waals surface area contributed by atoms with Crippen molar-refractivity contribution in [2.75, 3.05) is 6.54 Å². The molecule has 1 aliphatic rings. The fourth-order valence-electron chi connectivity index (χ4n) is 3.22. The molecule has 2 aromatic carbocycles. The normalized spacial score (nSPS) is 19.2. The number of aliphatic imine (C=N–C) groups is 1. The summed E-state index contributed by atoms with van der Waals surface area (Å²) in [5, 5.41) is 0.307. The summed E-state index contributed by atoms with van der Waals surface area (Å²) in [4.78, 5) is 15.2. The highest BCUT2D eigenvalue weighted by atomic mass is 79.9. The lowest BCUT2D eigenvalue weighted by Crippen LogP contribution is -2.43. The minimum atomic E-state index is -4.49. The Labute approximate surface area is 187 Å². The van der Waals surface area contributed by atoms with E-state index in [1.165, 1.54) is 19.1 Å². The van der Waals surface area contributed by atoms with Gasteiger partial charge in [0.1, 0.15) is 12.0 Å². The smallest absolute Gasteiger partial charge is 0.400 e. The van der Waals surface area contributed by atoms with Gasteiger partial charge in [0, 0.05) is 38.6 Å². The first kappa shape index (κ1) is 22.3. The van der Waals surface area contributed by atoms with Crippen LogP contribution >= 0.6 is 43.5 Å². The van der Waals surface area contributed by atoms with Crippen LogP contribution in [0.5, 0.6) is 0 Å². The first-order valence-corrected chi connectivity index (χ1v) is 10.5. The van der Waals surface area contributed by atoms with Crippen molar-refractivity contribution in [2.24, 2.45) is 4.99 Å². The summed E-state index contributed by atoms with van der Waals surface area (Å²) in [6.07, 6.45) is -4.78. The zero-order valence-corrected chi connectivity index (χ0v) is 19.0. The zero-order valence-electron chi connectivity index (χ0n) is 15.1. The van der Waals surface area contributed by atoms with E-state index >= 15 is 0 Å². The number of rotatable bonds is 4. The molecule has 1 aliphatic heterocycles. The summed E-state index contributed by atoms with van der Waals surface area (Å²) in [7, 11) is 0. The molecule has 0 radical (unpaired) electrons. The molecule has 0 amide bonds. The van der Waals surface area contributed by atoms with Crippen LogP contribution in [0, 0.1) is 0 Å². The van der Waals surface area contributed by atoms with Crippen LogP contribution in [0.3, 0.4) is 0 Å². The Morgan fingerprint density at radius 3 is 2.41 bits per heavy atom. The van der Waals surface area contributed by atoms with Crippen molar-refractivity contribution in [1.29, 1.82) is 0 Å². The average molecular weight is 554 g/mol. The molecule has 1 heterocycles. The number of benzene rings is 2. The Balaban J connectivity index is 1.93. The van der Waals surface area contributed by atoms with E-state index in [9.17, 15) is 18.0 Å². The number of alkyl halides is 3. The van der Waals surface area contributed by atoms with Crippen LogP contribution < -0.4 is 0 Å². The predicted octanol–water partition coefficient (Wildman–Crippen LogP) is 6.62. The molecule has 0 saturated heterocycles. The molecule has 154 valence electrons. The summed E-state index contributed by atoms with van der Waals surface area (Å²) in [6.45, 7) is 0.883. The molecule has 0 fully saturated rings. The van der Waals surface area contributed by atoms with E-state index in [0.717, 1.165) is 0 Å². The molecule has 2 aromatic rings. The molecule has 3 rings (SSSR count). The van der Waals surface area contributed by atoms with Crippen LogP contribution in [-0.2, 0) is 21.6 Å². The Morgan fingerprint density at radius 1 is 1.21 bits per heavy atom. The van der Waals surface area contributed by atoms with Gasteiger partial charge in [-0.2, -0.15) is 13.2 Å². The lowest BCUT2D eigenvalue weighted by molar-refractivity contribution is -0.183. The zero-order chi connectivity index (χ0) is 21.4. The molecule has 1 unspecified atom stereocenters. The number of hydrogen-bond acceptors (Lipinski definition) is 3. The minimum Gasteiger partial charge on any atom is -0.461 e. The van der Waals surface area contributed by atoms with Gasteiger partial charge in [0.2, 0.25) is 0 Å².